The van der Waals surface area contributed by atoms with E-state index in [1.54, 1.807) is 12.4 Å². The average molecular weight is 513 g/mol. The van der Waals surface area contributed by atoms with Gasteiger partial charge in [-0.3, -0.25) is 0 Å². The van der Waals surface area contributed by atoms with Gasteiger partial charge in [-0.1, -0.05) is 103 Å². The Labute approximate surface area is 224 Å². The Morgan fingerprint density at radius 2 is 1.43 bits per heavy atom. The van der Waals surface area contributed by atoms with Crippen LogP contribution in [0.5, 0.6) is 11.5 Å². The molecule has 1 fully saturated rings. The Bertz CT molecular complexity index is 822. The van der Waals surface area contributed by atoms with Gasteiger partial charge >= 0.3 is 0 Å². The lowest BCUT2D eigenvalue weighted by molar-refractivity contribution is 0.184. The molecule has 1 unspecified atom stereocenters. The van der Waals surface area contributed by atoms with Gasteiger partial charge in [0.2, 0.25) is 0 Å². The van der Waals surface area contributed by atoms with Gasteiger partial charge in [-0.2, -0.15) is 0 Å². The summed E-state index contributed by atoms with van der Waals surface area (Å²) in [4.78, 5) is 8.90. The van der Waals surface area contributed by atoms with Crippen LogP contribution in [0.4, 0.5) is 4.39 Å². The Morgan fingerprint density at radius 3 is 2.14 bits per heavy atom. The first-order chi connectivity index (χ1) is 18.2. The van der Waals surface area contributed by atoms with E-state index >= 15 is 0 Å². The maximum atomic E-state index is 14.0. The zero-order valence-electron chi connectivity index (χ0n) is 23.1. The molecule has 206 valence electrons. The monoisotopic (exact) mass is 512 g/mol. The van der Waals surface area contributed by atoms with E-state index in [-0.39, 0.29) is 6.61 Å². The smallest absolute Gasteiger partial charge is 0.159 e. The van der Waals surface area contributed by atoms with E-state index in [0.29, 0.717) is 30.4 Å². The van der Waals surface area contributed by atoms with E-state index in [1.807, 2.05) is 24.3 Å². The largest absolute Gasteiger partial charge is 0.491 e. The number of hydrogen-bond donors (Lipinski definition) is 0. The number of unbranched alkanes of at least 4 members (excludes halogenated alkanes) is 9. The Balaban J connectivity index is 1.23. The van der Waals surface area contributed by atoms with Gasteiger partial charge in [-0.25, -0.2) is 14.4 Å². The number of aromatic nitrogens is 2. The zero-order chi connectivity index (χ0) is 26.0. The van der Waals surface area contributed by atoms with Crippen LogP contribution in [-0.2, 0) is 0 Å². The van der Waals surface area contributed by atoms with Crippen molar-refractivity contribution >= 4 is 0 Å². The predicted molar refractivity (Wildman–Crippen MR) is 151 cm³/mol. The van der Waals surface area contributed by atoms with Crippen LogP contribution in [0, 0.1) is 5.92 Å². The molecule has 1 aromatic carbocycles. The Hall–Kier alpha value is -2.17. The van der Waals surface area contributed by atoms with Gasteiger partial charge in [0.1, 0.15) is 18.5 Å². The second kappa shape index (κ2) is 18.1. The van der Waals surface area contributed by atoms with Gasteiger partial charge in [0.25, 0.3) is 0 Å². The van der Waals surface area contributed by atoms with Crippen LogP contribution in [-0.4, -0.2) is 29.4 Å². The Morgan fingerprint density at radius 1 is 0.784 bits per heavy atom. The van der Waals surface area contributed by atoms with Crippen molar-refractivity contribution < 1.29 is 13.9 Å². The highest BCUT2D eigenvalue weighted by atomic mass is 19.1. The highest BCUT2D eigenvalue weighted by Gasteiger charge is 2.13. The van der Waals surface area contributed by atoms with Crippen molar-refractivity contribution in [1.82, 2.24) is 9.97 Å². The summed E-state index contributed by atoms with van der Waals surface area (Å²) < 4.78 is 25.4. The van der Waals surface area contributed by atoms with Crippen LogP contribution in [0.25, 0.3) is 11.4 Å². The van der Waals surface area contributed by atoms with Crippen molar-refractivity contribution in [2.24, 2.45) is 5.92 Å². The fraction of sp³-hybridized carbons (Fsp3) is 0.688. The minimum absolute atomic E-state index is 0.106. The molecular formula is C32H49FN2O2. The SMILES string of the molecule is CCCCCCC(F)COc1ccc(-c2ncc(OCCCCCCCCCC3CCCC3)cn2)cc1. The van der Waals surface area contributed by atoms with Crippen molar-refractivity contribution in [2.45, 2.75) is 122 Å². The molecule has 1 saturated carbocycles. The van der Waals surface area contributed by atoms with Gasteiger partial charge in [-0.05, 0) is 43.0 Å². The van der Waals surface area contributed by atoms with E-state index < -0.39 is 6.17 Å². The standard InChI is InChI=1S/C32H49FN2O2/c1-2-3-4-11-18-29(33)26-37-30-21-19-28(20-22-30)32-34-24-31(25-35-32)36-23-14-9-7-5-6-8-10-15-27-16-12-13-17-27/h19-22,24-25,27,29H,2-18,23,26H2,1H3. The number of hydrogen-bond acceptors (Lipinski definition) is 4. The lowest BCUT2D eigenvalue weighted by atomic mass is 9.99. The molecule has 1 heterocycles. The lowest BCUT2D eigenvalue weighted by Gasteiger charge is -2.11. The maximum absolute atomic E-state index is 14.0. The second-order valence-electron chi connectivity index (χ2n) is 10.8. The molecule has 1 aliphatic rings. The highest BCUT2D eigenvalue weighted by molar-refractivity contribution is 5.56. The number of rotatable bonds is 20. The summed E-state index contributed by atoms with van der Waals surface area (Å²) in [5.74, 6) is 3.07. The normalized spacial score (nSPS) is 14.6. The molecule has 1 aromatic heterocycles. The fourth-order valence-corrected chi connectivity index (χ4v) is 5.21. The average Bonchev–Trinajstić information content (AvgIpc) is 3.45. The first-order valence-electron chi connectivity index (χ1n) is 15.1. The summed E-state index contributed by atoms with van der Waals surface area (Å²) in [6.45, 7) is 2.98. The summed E-state index contributed by atoms with van der Waals surface area (Å²) in [5.41, 5.74) is 0.901. The third-order valence-electron chi connectivity index (χ3n) is 7.54. The van der Waals surface area contributed by atoms with Crippen LogP contribution in [0.15, 0.2) is 36.7 Å². The summed E-state index contributed by atoms with van der Waals surface area (Å²) in [5, 5.41) is 0. The molecule has 0 aliphatic heterocycles. The van der Waals surface area contributed by atoms with Crippen LogP contribution in [0.1, 0.15) is 116 Å². The molecule has 0 N–H and O–H groups in total. The topological polar surface area (TPSA) is 44.2 Å². The predicted octanol–water partition coefficient (Wildman–Crippen LogP) is 9.52. The molecule has 4 nitrogen and oxygen atoms in total. The third-order valence-corrected chi connectivity index (χ3v) is 7.54. The zero-order valence-corrected chi connectivity index (χ0v) is 23.1. The number of benzene rings is 1. The first kappa shape index (κ1) is 29.4. The summed E-state index contributed by atoms with van der Waals surface area (Å²) >= 11 is 0. The molecule has 0 saturated heterocycles. The molecule has 0 spiro atoms. The minimum Gasteiger partial charge on any atom is -0.491 e. The maximum Gasteiger partial charge on any atom is 0.159 e. The molecule has 0 bridgehead atoms. The van der Waals surface area contributed by atoms with E-state index in [1.165, 1.54) is 83.5 Å². The van der Waals surface area contributed by atoms with Crippen molar-refractivity contribution in [1.29, 1.82) is 0 Å². The molecule has 1 atom stereocenters. The van der Waals surface area contributed by atoms with E-state index in [0.717, 1.165) is 30.7 Å². The molecule has 0 radical (unpaired) electrons. The third kappa shape index (κ3) is 12.3. The fourth-order valence-electron chi connectivity index (χ4n) is 5.21. The molecule has 0 amide bonds. The number of halogens is 1. The molecule has 5 heteroatoms. The van der Waals surface area contributed by atoms with Gasteiger partial charge in [0, 0.05) is 5.56 Å². The summed E-state index contributed by atoms with van der Waals surface area (Å²) in [6, 6.07) is 7.52. The lowest BCUT2D eigenvalue weighted by Crippen LogP contribution is -2.12. The van der Waals surface area contributed by atoms with Crippen LogP contribution in [0.3, 0.4) is 0 Å². The van der Waals surface area contributed by atoms with Gasteiger partial charge < -0.3 is 9.47 Å². The summed E-state index contributed by atoms with van der Waals surface area (Å²) in [6.07, 6.45) is 24.0. The summed E-state index contributed by atoms with van der Waals surface area (Å²) in [7, 11) is 0. The number of ether oxygens (including phenoxy) is 2. The highest BCUT2D eigenvalue weighted by Crippen LogP contribution is 2.29. The quantitative estimate of drug-likeness (QED) is 0.166. The molecule has 37 heavy (non-hydrogen) atoms. The number of alkyl halides is 1. The van der Waals surface area contributed by atoms with Gasteiger partial charge in [0.05, 0.1) is 19.0 Å². The van der Waals surface area contributed by atoms with Crippen LogP contribution in [0.2, 0.25) is 0 Å². The second-order valence-corrected chi connectivity index (χ2v) is 10.8. The van der Waals surface area contributed by atoms with E-state index in [9.17, 15) is 4.39 Å². The molecular weight excluding hydrogens is 463 g/mol. The van der Waals surface area contributed by atoms with E-state index in [4.69, 9.17) is 9.47 Å². The Kier molecular flexibility index (Phi) is 14.4. The minimum atomic E-state index is -0.914. The molecule has 3 rings (SSSR count). The van der Waals surface area contributed by atoms with Crippen molar-refractivity contribution in [3.8, 4) is 22.9 Å². The number of nitrogens with zero attached hydrogens (tertiary/aromatic N) is 2. The first-order valence-corrected chi connectivity index (χ1v) is 15.1. The van der Waals surface area contributed by atoms with Gasteiger partial charge in [-0.15, -0.1) is 0 Å². The van der Waals surface area contributed by atoms with Crippen molar-refractivity contribution in [3.63, 3.8) is 0 Å². The van der Waals surface area contributed by atoms with Crippen LogP contribution >= 0.6 is 0 Å². The molecule has 2 aromatic rings. The van der Waals surface area contributed by atoms with Crippen LogP contribution < -0.4 is 9.47 Å². The van der Waals surface area contributed by atoms with Crippen molar-refractivity contribution in [3.05, 3.63) is 36.7 Å². The van der Waals surface area contributed by atoms with E-state index in [2.05, 4.69) is 16.9 Å². The van der Waals surface area contributed by atoms with Crippen molar-refractivity contribution in [2.75, 3.05) is 13.2 Å². The molecule has 1 aliphatic carbocycles. The van der Waals surface area contributed by atoms with Gasteiger partial charge in [0.15, 0.2) is 11.6 Å².